The van der Waals surface area contributed by atoms with Crippen LogP contribution in [0.3, 0.4) is 0 Å². The number of carbonyl (C=O) groups is 2. The average molecular weight is 462 g/mol. The molecule has 6 nitrogen and oxygen atoms in total. The van der Waals surface area contributed by atoms with Crippen molar-refractivity contribution in [3.05, 3.63) is 56.0 Å². The molecule has 0 saturated carbocycles. The van der Waals surface area contributed by atoms with Crippen LogP contribution in [0.1, 0.15) is 29.9 Å². The van der Waals surface area contributed by atoms with Crippen LogP contribution in [0.5, 0.6) is 0 Å². The number of halogens is 3. The summed E-state index contributed by atoms with van der Waals surface area (Å²) in [6, 6.07) is 8.60. The number of hydrogen-bond donors (Lipinski definition) is 2. The third-order valence-electron chi connectivity index (χ3n) is 3.48. The number of nitrogens with zero attached hydrogens (tertiary/aromatic N) is 2. The molecular formula is C18H15Cl3N2O4S. The van der Waals surface area contributed by atoms with Crippen LogP contribution in [0.4, 0.5) is 0 Å². The van der Waals surface area contributed by atoms with Crippen molar-refractivity contribution >= 4 is 58.1 Å². The van der Waals surface area contributed by atoms with Crippen LogP contribution in [0.25, 0.3) is 16.3 Å². The minimum absolute atomic E-state index is 0.00281. The van der Waals surface area contributed by atoms with Gasteiger partial charge in [-0.3, -0.25) is 4.79 Å². The van der Waals surface area contributed by atoms with Crippen molar-refractivity contribution in [2.24, 2.45) is 0 Å². The molecule has 3 aromatic rings. The van der Waals surface area contributed by atoms with E-state index in [1.54, 1.807) is 28.9 Å². The fourth-order valence-corrected chi connectivity index (χ4v) is 4.07. The number of rotatable bonds is 4. The van der Waals surface area contributed by atoms with Gasteiger partial charge in [-0.15, -0.1) is 11.3 Å². The molecule has 0 saturated heterocycles. The Bertz CT molecular complexity index is 1030. The molecule has 0 amide bonds. The van der Waals surface area contributed by atoms with E-state index >= 15 is 0 Å². The second-order valence-corrected chi connectivity index (χ2v) is 8.02. The predicted molar refractivity (Wildman–Crippen MR) is 112 cm³/mol. The summed E-state index contributed by atoms with van der Waals surface area (Å²) in [6.07, 6.45) is 0.512. The smallest absolute Gasteiger partial charge is 0.356 e. The van der Waals surface area contributed by atoms with E-state index in [1.165, 1.54) is 11.3 Å². The third kappa shape index (κ3) is 5.05. The van der Waals surface area contributed by atoms with Gasteiger partial charge in [0.2, 0.25) is 0 Å². The molecule has 0 unspecified atom stereocenters. The van der Waals surface area contributed by atoms with Crippen LogP contribution >= 0.6 is 46.1 Å². The number of benzene rings is 1. The van der Waals surface area contributed by atoms with Crippen LogP contribution in [0, 0.1) is 0 Å². The molecule has 28 heavy (non-hydrogen) atoms. The van der Waals surface area contributed by atoms with Gasteiger partial charge in [0, 0.05) is 17.5 Å². The van der Waals surface area contributed by atoms with Gasteiger partial charge < -0.3 is 10.2 Å². The maximum atomic E-state index is 11.6. The van der Waals surface area contributed by atoms with Crippen molar-refractivity contribution in [3.8, 4) is 16.3 Å². The van der Waals surface area contributed by atoms with Crippen LogP contribution in [0.15, 0.2) is 30.3 Å². The second-order valence-electron chi connectivity index (χ2n) is 5.46. The lowest BCUT2D eigenvalue weighted by molar-refractivity contribution is -0.134. The van der Waals surface area contributed by atoms with Gasteiger partial charge in [0.05, 0.1) is 25.6 Å². The predicted octanol–water partition coefficient (Wildman–Crippen LogP) is 5.91. The Morgan fingerprint density at radius 2 is 1.79 bits per heavy atom. The normalized spacial score (nSPS) is 10.3. The lowest BCUT2D eigenvalue weighted by Gasteiger charge is -2.09. The maximum Gasteiger partial charge on any atom is 0.356 e. The van der Waals surface area contributed by atoms with Crippen molar-refractivity contribution in [1.82, 2.24) is 9.78 Å². The Balaban J connectivity index is 0.000000640. The number of carboxylic acid groups (broad SMARTS) is 2. The zero-order valence-corrected chi connectivity index (χ0v) is 17.8. The maximum absolute atomic E-state index is 11.6. The van der Waals surface area contributed by atoms with Gasteiger partial charge in [0.25, 0.3) is 5.97 Å². The molecule has 2 heterocycles. The Labute approximate surface area is 179 Å². The average Bonchev–Trinajstić information content (AvgIpc) is 3.17. The molecule has 148 valence electrons. The standard InChI is InChI=1S/C16H11Cl3N2O2S.C2H4O2/c1-2-9-14(16(22)23)20-21(11-4-3-8(17)7-10(11)18)15(9)12-5-6-13(19)24-12;1-2(3)4/h3-7H,2H2,1H3,(H,22,23);1H3,(H,3,4). The van der Waals surface area contributed by atoms with Crippen LogP contribution in [-0.2, 0) is 11.2 Å². The molecule has 0 bridgehead atoms. The number of aromatic carboxylic acids is 1. The van der Waals surface area contributed by atoms with Crippen molar-refractivity contribution in [2.45, 2.75) is 20.3 Å². The third-order valence-corrected chi connectivity index (χ3v) is 5.26. The molecule has 2 N–H and O–H groups in total. The largest absolute Gasteiger partial charge is 0.481 e. The molecule has 0 atom stereocenters. The molecule has 10 heteroatoms. The Hall–Kier alpha value is -2.06. The minimum Gasteiger partial charge on any atom is -0.481 e. The highest BCUT2D eigenvalue weighted by atomic mass is 35.5. The molecule has 3 rings (SSSR count). The van der Waals surface area contributed by atoms with E-state index in [0.717, 1.165) is 11.8 Å². The summed E-state index contributed by atoms with van der Waals surface area (Å²) in [5.74, 6) is -1.92. The van der Waals surface area contributed by atoms with E-state index < -0.39 is 11.9 Å². The van der Waals surface area contributed by atoms with E-state index in [-0.39, 0.29) is 5.69 Å². The van der Waals surface area contributed by atoms with Crippen LogP contribution in [-0.4, -0.2) is 31.9 Å². The van der Waals surface area contributed by atoms with E-state index in [2.05, 4.69) is 5.10 Å². The van der Waals surface area contributed by atoms with E-state index in [4.69, 9.17) is 44.7 Å². The number of carboxylic acids is 2. The molecule has 2 aromatic heterocycles. The van der Waals surface area contributed by atoms with Gasteiger partial charge in [0.1, 0.15) is 0 Å². The molecule has 0 radical (unpaired) electrons. The second kappa shape index (κ2) is 9.43. The molecule has 1 aromatic carbocycles. The molecule has 0 spiro atoms. The lowest BCUT2D eigenvalue weighted by Crippen LogP contribution is -2.03. The molecular weight excluding hydrogens is 447 g/mol. The van der Waals surface area contributed by atoms with Gasteiger partial charge in [-0.05, 0) is 36.8 Å². The van der Waals surface area contributed by atoms with E-state index in [9.17, 15) is 9.90 Å². The highest BCUT2D eigenvalue weighted by Crippen LogP contribution is 2.37. The van der Waals surface area contributed by atoms with Gasteiger partial charge in [-0.1, -0.05) is 41.7 Å². The van der Waals surface area contributed by atoms with Gasteiger partial charge >= 0.3 is 5.97 Å². The van der Waals surface area contributed by atoms with E-state index in [0.29, 0.717) is 37.7 Å². The van der Waals surface area contributed by atoms with Crippen molar-refractivity contribution in [3.63, 3.8) is 0 Å². The highest BCUT2D eigenvalue weighted by molar-refractivity contribution is 7.19. The Morgan fingerprint density at radius 1 is 1.14 bits per heavy atom. The summed E-state index contributed by atoms with van der Waals surface area (Å²) in [5.41, 5.74) is 1.87. The SMILES string of the molecule is CC(=O)O.CCc1c(C(=O)O)nn(-c2ccc(Cl)cc2Cl)c1-c1ccc(Cl)s1. The van der Waals surface area contributed by atoms with Crippen molar-refractivity contribution in [2.75, 3.05) is 0 Å². The first-order chi connectivity index (χ1) is 13.1. The number of thiophene rings is 1. The number of hydrogen-bond acceptors (Lipinski definition) is 4. The number of aliphatic carboxylic acids is 1. The first kappa shape index (κ1) is 22.2. The summed E-state index contributed by atoms with van der Waals surface area (Å²) in [5, 5.41) is 22.1. The van der Waals surface area contributed by atoms with Crippen molar-refractivity contribution < 1.29 is 19.8 Å². The van der Waals surface area contributed by atoms with Crippen LogP contribution in [0.2, 0.25) is 14.4 Å². The summed E-state index contributed by atoms with van der Waals surface area (Å²) < 4.78 is 2.15. The Kier molecular flexibility index (Phi) is 7.48. The topological polar surface area (TPSA) is 92.4 Å². The zero-order valence-electron chi connectivity index (χ0n) is 14.7. The van der Waals surface area contributed by atoms with Gasteiger partial charge in [0.15, 0.2) is 5.69 Å². The molecule has 0 aliphatic carbocycles. The molecule has 0 aliphatic rings. The monoisotopic (exact) mass is 460 g/mol. The Morgan fingerprint density at radius 3 is 2.25 bits per heavy atom. The van der Waals surface area contributed by atoms with E-state index in [1.807, 2.05) is 13.0 Å². The minimum atomic E-state index is -1.08. The summed E-state index contributed by atoms with van der Waals surface area (Å²) in [7, 11) is 0. The quantitative estimate of drug-likeness (QED) is 0.503. The number of aromatic nitrogens is 2. The fourth-order valence-electron chi connectivity index (χ4n) is 2.48. The van der Waals surface area contributed by atoms with Gasteiger partial charge in [-0.25, -0.2) is 9.48 Å². The fraction of sp³-hybridized carbons (Fsp3) is 0.167. The summed E-state index contributed by atoms with van der Waals surface area (Å²) in [4.78, 5) is 21.4. The summed E-state index contributed by atoms with van der Waals surface area (Å²) in [6.45, 7) is 2.97. The summed E-state index contributed by atoms with van der Waals surface area (Å²) >= 11 is 19.7. The molecule has 0 fully saturated rings. The molecule has 0 aliphatic heterocycles. The van der Waals surface area contributed by atoms with Crippen LogP contribution < -0.4 is 0 Å². The first-order valence-electron chi connectivity index (χ1n) is 7.91. The lowest BCUT2D eigenvalue weighted by atomic mass is 10.1. The van der Waals surface area contributed by atoms with Gasteiger partial charge in [-0.2, -0.15) is 5.10 Å². The highest BCUT2D eigenvalue weighted by Gasteiger charge is 2.25. The van der Waals surface area contributed by atoms with Crippen molar-refractivity contribution in [1.29, 1.82) is 0 Å². The first-order valence-corrected chi connectivity index (χ1v) is 9.86. The zero-order chi connectivity index (χ0) is 21.0.